The highest BCUT2D eigenvalue weighted by Crippen LogP contribution is 2.34. The van der Waals surface area contributed by atoms with Crippen molar-refractivity contribution in [2.24, 2.45) is 0 Å². The molecule has 2 aromatic carbocycles. The van der Waals surface area contributed by atoms with Gasteiger partial charge in [-0.05, 0) is 69.9 Å². The predicted octanol–water partition coefficient (Wildman–Crippen LogP) is 6.07. The van der Waals surface area contributed by atoms with Gasteiger partial charge in [-0.15, -0.1) is 0 Å². The number of aromatic nitrogens is 1. The molecular formula is C23H18BrNO2. The molecule has 0 unspecified atom stereocenters. The minimum Gasteiger partial charge on any atom is -0.488 e. The number of aryl methyl sites for hydroxylation is 1. The molecule has 0 saturated heterocycles. The van der Waals surface area contributed by atoms with Crippen molar-refractivity contribution in [1.82, 2.24) is 4.40 Å². The largest absolute Gasteiger partial charge is 0.488 e. The number of aldehydes is 1. The maximum absolute atomic E-state index is 11.7. The number of hydrogen-bond acceptors (Lipinski definition) is 2. The first-order chi connectivity index (χ1) is 13.2. The van der Waals surface area contributed by atoms with Crippen molar-refractivity contribution in [2.45, 2.75) is 13.5 Å². The van der Waals surface area contributed by atoms with Gasteiger partial charge < -0.3 is 9.14 Å². The summed E-state index contributed by atoms with van der Waals surface area (Å²) in [6, 6.07) is 22.1. The number of ether oxygens (including phenoxy) is 1. The molecule has 2 aromatic heterocycles. The minimum absolute atomic E-state index is 0.508. The molecule has 0 spiro atoms. The van der Waals surface area contributed by atoms with Gasteiger partial charge in [0.2, 0.25) is 0 Å². The summed E-state index contributed by atoms with van der Waals surface area (Å²) in [4.78, 5) is 11.7. The van der Waals surface area contributed by atoms with E-state index in [1.54, 1.807) is 0 Å². The van der Waals surface area contributed by atoms with E-state index in [4.69, 9.17) is 4.74 Å². The third kappa shape index (κ3) is 3.53. The molecule has 27 heavy (non-hydrogen) atoms. The van der Waals surface area contributed by atoms with Gasteiger partial charge in [0.25, 0.3) is 0 Å². The summed E-state index contributed by atoms with van der Waals surface area (Å²) in [7, 11) is 0. The van der Waals surface area contributed by atoms with Gasteiger partial charge in [-0.1, -0.05) is 36.4 Å². The summed E-state index contributed by atoms with van der Waals surface area (Å²) >= 11 is 3.60. The van der Waals surface area contributed by atoms with E-state index in [9.17, 15) is 4.79 Å². The van der Waals surface area contributed by atoms with Gasteiger partial charge >= 0.3 is 0 Å². The molecule has 4 rings (SSSR count). The SMILES string of the molecule is Cc1ccn2c(C=O)c(-c3ccc(OCc4ccccc4)c(Br)c3)cc2c1. The fraction of sp³-hybridized carbons (Fsp3) is 0.0870. The number of nitrogens with zero attached hydrogens (tertiary/aromatic N) is 1. The normalized spacial score (nSPS) is 10.9. The summed E-state index contributed by atoms with van der Waals surface area (Å²) in [5.74, 6) is 0.773. The van der Waals surface area contributed by atoms with Crippen molar-refractivity contribution >= 4 is 27.7 Å². The highest BCUT2D eigenvalue weighted by Gasteiger charge is 2.13. The molecule has 4 heteroatoms. The Morgan fingerprint density at radius 1 is 1.04 bits per heavy atom. The third-order valence-electron chi connectivity index (χ3n) is 4.56. The standard InChI is InChI=1S/C23H18BrNO2/c1-16-9-10-25-19(11-16)13-20(22(25)14-26)18-7-8-23(21(24)12-18)27-15-17-5-3-2-4-6-17/h2-14H,15H2,1H3. The topological polar surface area (TPSA) is 30.7 Å². The summed E-state index contributed by atoms with van der Waals surface area (Å²) in [6.45, 7) is 2.55. The molecule has 0 radical (unpaired) electrons. The van der Waals surface area contributed by atoms with Crippen LogP contribution in [0.15, 0.2) is 77.4 Å². The van der Waals surface area contributed by atoms with E-state index >= 15 is 0 Å². The average molecular weight is 420 g/mol. The second-order valence-corrected chi connectivity index (χ2v) is 7.33. The molecule has 0 aliphatic heterocycles. The second-order valence-electron chi connectivity index (χ2n) is 6.48. The Balaban J connectivity index is 1.66. The van der Waals surface area contributed by atoms with E-state index in [0.717, 1.165) is 44.3 Å². The van der Waals surface area contributed by atoms with Crippen LogP contribution in [0.2, 0.25) is 0 Å². The first-order valence-corrected chi connectivity index (χ1v) is 9.48. The highest BCUT2D eigenvalue weighted by atomic mass is 79.9. The van der Waals surface area contributed by atoms with Gasteiger partial charge in [0.1, 0.15) is 12.4 Å². The molecule has 0 amide bonds. The van der Waals surface area contributed by atoms with Gasteiger partial charge in [0, 0.05) is 17.3 Å². The lowest BCUT2D eigenvalue weighted by Gasteiger charge is -2.10. The summed E-state index contributed by atoms with van der Waals surface area (Å²) in [5, 5.41) is 0. The third-order valence-corrected chi connectivity index (χ3v) is 5.18. The molecule has 0 atom stereocenters. The maximum atomic E-state index is 11.7. The van der Waals surface area contributed by atoms with E-state index < -0.39 is 0 Å². The van der Waals surface area contributed by atoms with Crippen LogP contribution < -0.4 is 4.74 Å². The van der Waals surface area contributed by atoms with Gasteiger partial charge in [0.05, 0.1) is 10.2 Å². The molecule has 0 bridgehead atoms. The fourth-order valence-electron chi connectivity index (χ4n) is 3.18. The smallest absolute Gasteiger partial charge is 0.167 e. The summed E-state index contributed by atoms with van der Waals surface area (Å²) in [6.07, 6.45) is 2.84. The number of halogens is 1. The number of hydrogen-bond donors (Lipinski definition) is 0. The van der Waals surface area contributed by atoms with Crippen molar-refractivity contribution in [1.29, 1.82) is 0 Å². The molecule has 0 N–H and O–H groups in total. The molecule has 0 aliphatic carbocycles. The Morgan fingerprint density at radius 3 is 2.59 bits per heavy atom. The molecule has 0 fully saturated rings. The number of fused-ring (bicyclic) bond motifs is 1. The zero-order valence-corrected chi connectivity index (χ0v) is 16.4. The maximum Gasteiger partial charge on any atom is 0.167 e. The van der Waals surface area contributed by atoms with Crippen LogP contribution in [0.25, 0.3) is 16.6 Å². The molecule has 134 valence electrons. The first kappa shape index (κ1) is 17.6. The van der Waals surface area contributed by atoms with Crippen molar-refractivity contribution in [2.75, 3.05) is 0 Å². The average Bonchev–Trinajstić information content (AvgIpc) is 3.05. The number of carbonyl (C=O) groups is 1. The predicted molar refractivity (Wildman–Crippen MR) is 111 cm³/mol. The Labute approximate surface area is 166 Å². The Hall–Kier alpha value is -2.85. The second kappa shape index (κ2) is 7.41. The van der Waals surface area contributed by atoms with Gasteiger partial charge in [-0.25, -0.2) is 0 Å². The van der Waals surface area contributed by atoms with Crippen LogP contribution in [-0.4, -0.2) is 10.7 Å². The van der Waals surface area contributed by atoms with Crippen molar-refractivity contribution in [3.63, 3.8) is 0 Å². The van der Waals surface area contributed by atoms with Crippen LogP contribution in [0.4, 0.5) is 0 Å². The van der Waals surface area contributed by atoms with Crippen LogP contribution in [0.3, 0.4) is 0 Å². The van der Waals surface area contributed by atoms with Crippen LogP contribution in [-0.2, 0) is 6.61 Å². The molecule has 3 nitrogen and oxygen atoms in total. The Bertz CT molecular complexity index is 1120. The van der Waals surface area contributed by atoms with Gasteiger partial charge in [0.15, 0.2) is 6.29 Å². The van der Waals surface area contributed by atoms with E-state index in [1.807, 2.05) is 78.2 Å². The number of benzene rings is 2. The molecule has 0 aliphatic rings. The number of carbonyl (C=O) groups excluding carboxylic acids is 1. The van der Waals surface area contributed by atoms with Gasteiger partial charge in [-0.2, -0.15) is 0 Å². The lowest BCUT2D eigenvalue weighted by atomic mass is 10.1. The van der Waals surface area contributed by atoms with Crippen LogP contribution in [0.1, 0.15) is 21.6 Å². The van der Waals surface area contributed by atoms with E-state index in [0.29, 0.717) is 12.3 Å². The monoisotopic (exact) mass is 419 g/mol. The van der Waals surface area contributed by atoms with E-state index in [1.165, 1.54) is 0 Å². The number of rotatable bonds is 5. The first-order valence-electron chi connectivity index (χ1n) is 8.69. The summed E-state index contributed by atoms with van der Waals surface area (Å²) in [5.41, 5.74) is 5.81. The van der Waals surface area contributed by atoms with Crippen molar-refractivity contribution < 1.29 is 9.53 Å². The van der Waals surface area contributed by atoms with E-state index in [-0.39, 0.29) is 0 Å². The van der Waals surface area contributed by atoms with Crippen molar-refractivity contribution in [3.8, 4) is 16.9 Å². The fourth-order valence-corrected chi connectivity index (χ4v) is 3.68. The summed E-state index contributed by atoms with van der Waals surface area (Å²) < 4.78 is 8.70. The lowest BCUT2D eigenvalue weighted by Crippen LogP contribution is -1.96. The molecular weight excluding hydrogens is 402 g/mol. The van der Waals surface area contributed by atoms with Crippen LogP contribution in [0.5, 0.6) is 5.75 Å². The van der Waals surface area contributed by atoms with Crippen molar-refractivity contribution in [3.05, 3.63) is 94.2 Å². The minimum atomic E-state index is 0.508. The zero-order chi connectivity index (χ0) is 18.8. The Morgan fingerprint density at radius 2 is 1.85 bits per heavy atom. The zero-order valence-electron chi connectivity index (χ0n) is 14.9. The van der Waals surface area contributed by atoms with Gasteiger partial charge in [-0.3, -0.25) is 4.79 Å². The quantitative estimate of drug-likeness (QED) is 0.367. The number of pyridine rings is 1. The van der Waals surface area contributed by atoms with E-state index in [2.05, 4.69) is 22.0 Å². The molecule has 4 aromatic rings. The highest BCUT2D eigenvalue weighted by molar-refractivity contribution is 9.10. The van der Waals surface area contributed by atoms with Crippen LogP contribution in [0, 0.1) is 6.92 Å². The molecule has 0 saturated carbocycles. The molecule has 2 heterocycles. The van der Waals surface area contributed by atoms with Crippen LogP contribution >= 0.6 is 15.9 Å². The Kier molecular flexibility index (Phi) is 4.82. The lowest BCUT2D eigenvalue weighted by molar-refractivity contribution is 0.111.